The molecular formula is C42H38F8N6O8. The van der Waals surface area contributed by atoms with Crippen LogP contribution in [-0.2, 0) is 13.1 Å². The Balaban J connectivity index is 0.000000191. The Hall–Kier alpha value is -6.74. The quantitative estimate of drug-likeness (QED) is 0.198. The molecule has 0 saturated carbocycles. The molecule has 2 fully saturated rings. The van der Waals surface area contributed by atoms with Gasteiger partial charge in [-0.3, -0.25) is 28.8 Å². The average molecular weight is 907 g/mol. The number of aromatic hydroxyl groups is 2. The summed E-state index contributed by atoms with van der Waals surface area (Å²) in [6.07, 6.45) is 2.98. The van der Waals surface area contributed by atoms with Crippen LogP contribution < -0.4 is 21.5 Å². The highest BCUT2D eigenvalue weighted by molar-refractivity contribution is 6.00. The molecule has 4 amide bonds. The maximum absolute atomic E-state index is 15.3. The van der Waals surface area contributed by atoms with Crippen molar-refractivity contribution >= 4 is 23.6 Å². The summed E-state index contributed by atoms with van der Waals surface area (Å²) in [5.41, 5.74) is -9.29. The first-order chi connectivity index (χ1) is 30.0. The molecule has 0 radical (unpaired) electrons. The van der Waals surface area contributed by atoms with E-state index in [0.29, 0.717) is 37.1 Å². The third kappa shape index (κ3) is 8.15. The summed E-state index contributed by atoms with van der Waals surface area (Å²) in [6.45, 7) is 1.78. The predicted molar refractivity (Wildman–Crippen MR) is 207 cm³/mol. The second kappa shape index (κ2) is 16.8. The minimum atomic E-state index is -1.79. The van der Waals surface area contributed by atoms with Crippen LogP contribution in [0.1, 0.15) is 104 Å². The predicted octanol–water partition coefficient (Wildman–Crippen LogP) is 4.84. The number of rotatable bonds is 6. The van der Waals surface area contributed by atoms with Crippen LogP contribution in [0.15, 0.2) is 46.2 Å². The molecule has 2 aromatic carbocycles. The van der Waals surface area contributed by atoms with Crippen molar-refractivity contribution in [3.8, 4) is 11.5 Å². The summed E-state index contributed by atoms with van der Waals surface area (Å²) in [6, 6.07) is -0.151. The Morgan fingerprint density at radius 3 is 1.28 bits per heavy atom. The van der Waals surface area contributed by atoms with E-state index in [9.17, 15) is 65.3 Å². The number of benzene rings is 2. The number of hydrogen-bond acceptors (Lipinski definition) is 8. The fourth-order valence-corrected chi connectivity index (χ4v) is 8.46. The number of carbonyl (C=O) groups excluding carboxylic acids is 4. The van der Waals surface area contributed by atoms with E-state index in [1.807, 2.05) is 0 Å². The number of pyridine rings is 2. The number of hydrogen-bond donors (Lipinski definition) is 4. The van der Waals surface area contributed by atoms with Gasteiger partial charge in [0.1, 0.15) is 57.4 Å². The van der Waals surface area contributed by atoms with Gasteiger partial charge in [0.05, 0.1) is 12.1 Å². The molecule has 4 atom stereocenters. The van der Waals surface area contributed by atoms with Crippen LogP contribution in [0.4, 0.5) is 35.1 Å². The maximum Gasteiger partial charge on any atom is 0.274 e. The first-order valence-corrected chi connectivity index (χ1v) is 19.8. The lowest BCUT2D eigenvalue weighted by Crippen LogP contribution is -2.48. The summed E-state index contributed by atoms with van der Waals surface area (Å²) < 4.78 is 114. The summed E-state index contributed by atoms with van der Waals surface area (Å²) in [5, 5.41) is 25.1. The van der Waals surface area contributed by atoms with Gasteiger partial charge in [0.2, 0.25) is 10.9 Å². The molecule has 4 aromatic rings. The number of carbonyl (C=O) groups is 4. The monoisotopic (exact) mass is 906 g/mol. The van der Waals surface area contributed by atoms with Crippen LogP contribution in [0.5, 0.6) is 11.5 Å². The molecule has 340 valence electrons. The van der Waals surface area contributed by atoms with Crippen molar-refractivity contribution in [2.45, 2.75) is 76.0 Å². The van der Waals surface area contributed by atoms with Crippen molar-refractivity contribution in [3.63, 3.8) is 0 Å². The van der Waals surface area contributed by atoms with Gasteiger partial charge in [-0.2, -0.15) is 0 Å². The standard InChI is InChI=1S/2C21H19F4N3O4/c2*1-21(25)3-2-4-27-9-15(21)28-8-12(17(29)18(30)16(28)20(27)32)19(31)26-7-11-13(23)5-10(22)6-14(11)24/h2*5-6,8,15,30H,2-4,7,9H2,1H3,(H,26,31)/t15-,21+;15-,21-/m00/s1. The number of nitrogens with one attached hydrogen (secondary N) is 2. The molecule has 4 aliphatic heterocycles. The van der Waals surface area contributed by atoms with Crippen LogP contribution >= 0.6 is 0 Å². The molecule has 4 N–H and O–H groups in total. The van der Waals surface area contributed by atoms with E-state index in [1.54, 1.807) is 0 Å². The first-order valence-electron chi connectivity index (χ1n) is 19.8. The molecule has 6 heterocycles. The van der Waals surface area contributed by atoms with E-state index >= 15 is 8.78 Å². The molecule has 2 aromatic heterocycles. The molecular weight excluding hydrogens is 868 g/mol. The normalized spacial score (nSPS) is 22.3. The Bertz CT molecular complexity index is 2530. The molecule has 4 aliphatic rings. The number of amides is 4. The van der Waals surface area contributed by atoms with Crippen molar-refractivity contribution in [1.29, 1.82) is 0 Å². The summed E-state index contributed by atoms with van der Waals surface area (Å²) >= 11 is 0. The van der Waals surface area contributed by atoms with Crippen molar-refractivity contribution < 1.29 is 64.5 Å². The van der Waals surface area contributed by atoms with E-state index in [0.717, 1.165) is 21.5 Å². The Morgan fingerprint density at radius 1 is 0.625 bits per heavy atom. The fourth-order valence-electron chi connectivity index (χ4n) is 8.46. The Labute approximate surface area is 356 Å². The average Bonchev–Trinajstić information content (AvgIpc) is 3.44. The van der Waals surface area contributed by atoms with Crippen LogP contribution in [0.25, 0.3) is 0 Å². The molecule has 22 heteroatoms. The zero-order valence-corrected chi connectivity index (χ0v) is 33.8. The highest BCUT2D eigenvalue weighted by atomic mass is 19.2. The minimum absolute atomic E-state index is 0.00575. The highest BCUT2D eigenvalue weighted by Gasteiger charge is 2.48. The van der Waals surface area contributed by atoms with Gasteiger partial charge in [-0.05, 0) is 39.5 Å². The molecule has 14 nitrogen and oxygen atoms in total. The molecule has 0 spiro atoms. The van der Waals surface area contributed by atoms with Crippen LogP contribution in [0.3, 0.4) is 0 Å². The smallest absolute Gasteiger partial charge is 0.274 e. The SMILES string of the molecule is C[C@@]1(F)CCCN2C[C@@H]1n1cc(C(=O)NCc3c(F)cc(F)cc3F)c(=O)c(O)c1C2=O.C[C@]1(F)CCCN2C[C@@H]1n1cc(C(=O)NCc3c(F)cc(F)cc3F)c(=O)c(O)c1C2=O. The highest BCUT2D eigenvalue weighted by Crippen LogP contribution is 2.41. The van der Waals surface area contributed by atoms with Gasteiger partial charge in [-0.15, -0.1) is 0 Å². The van der Waals surface area contributed by atoms with E-state index in [-0.39, 0.29) is 39.0 Å². The molecule has 0 unspecified atom stereocenters. The third-order valence-corrected chi connectivity index (χ3v) is 12.0. The van der Waals surface area contributed by atoms with Gasteiger partial charge in [0.25, 0.3) is 23.6 Å². The molecule has 64 heavy (non-hydrogen) atoms. The maximum atomic E-state index is 15.3. The van der Waals surface area contributed by atoms with Crippen molar-refractivity contribution in [1.82, 2.24) is 29.6 Å². The topological polar surface area (TPSA) is 183 Å². The minimum Gasteiger partial charge on any atom is -0.503 e. The van der Waals surface area contributed by atoms with Crippen LogP contribution in [0.2, 0.25) is 0 Å². The summed E-state index contributed by atoms with van der Waals surface area (Å²) in [4.78, 5) is 78.6. The number of halogens is 8. The number of alkyl halides is 2. The van der Waals surface area contributed by atoms with Gasteiger partial charge in [0, 0.05) is 87.1 Å². The number of aromatic nitrogens is 2. The fraction of sp³-hybridized carbons (Fsp3) is 0.381. The number of fused-ring (bicyclic) bond motifs is 8. The van der Waals surface area contributed by atoms with Gasteiger partial charge < -0.3 is 39.8 Å². The Kier molecular flexibility index (Phi) is 11.9. The molecule has 0 aliphatic carbocycles. The molecule has 4 bridgehead atoms. The zero-order chi connectivity index (χ0) is 46.7. The van der Waals surface area contributed by atoms with Crippen LogP contribution in [0, 0.1) is 34.9 Å². The third-order valence-electron chi connectivity index (χ3n) is 12.0. The van der Waals surface area contributed by atoms with E-state index < -0.39 is 151 Å². The van der Waals surface area contributed by atoms with Crippen LogP contribution in [-0.4, -0.2) is 90.3 Å². The Morgan fingerprint density at radius 2 is 0.953 bits per heavy atom. The van der Waals surface area contributed by atoms with E-state index in [4.69, 9.17) is 0 Å². The van der Waals surface area contributed by atoms with Gasteiger partial charge >= 0.3 is 0 Å². The summed E-state index contributed by atoms with van der Waals surface area (Å²) in [5.74, 6) is -12.7. The van der Waals surface area contributed by atoms with Crippen molar-refractivity contribution in [3.05, 3.63) is 126 Å². The lowest BCUT2D eigenvalue weighted by Gasteiger charge is -2.38. The second-order valence-electron chi connectivity index (χ2n) is 16.3. The van der Waals surface area contributed by atoms with E-state index in [1.165, 1.54) is 23.6 Å². The van der Waals surface area contributed by atoms with Crippen molar-refractivity contribution in [2.24, 2.45) is 0 Å². The summed E-state index contributed by atoms with van der Waals surface area (Å²) in [7, 11) is 0. The molecule has 8 rings (SSSR count). The van der Waals surface area contributed by atoms with Gasteiger partial charge in [0.15, 0.2) is 22.9 Å². The van der Waals surface area contributed by atoms with Crippen molar-refractivity contribution in [2.75, 3.05) is 26.2 Å². The zero-order valence-electron chi connectivity index (χ0n) is 33.8. The lowest BCUT2D eigenvalue weighted by atomic mass is 9.92. The lowest BCUT2D eigenvalue weighted by molar-refractivity contribution is 0.0511. The van der Waals surface area contributed by atoms with Gasteiger partial charge in [-0.25, -0.2) is 35.1 Å². The largest absolute Gasteiger partial charge is 0.503 e. The molecule has 2 saturated heterocycles. The second-order valence-corrected chi connectivity index (χ2v) is 16.3. The first kappa shape index (κ1) is 45.3. The number of nitrogens with zero attached hydrogens (tertiary/aromatic N) is 4. The van der Waals surface area contributed by atoms with E-state index in [2.05, 4.69) is 10.6 Å². The van der Waals surface area contributed by atoms with Gasteiger partial charge in [-0.1, -0.05) is 0 Å².